The summed E-state index contributed by atoms with van der Waals surface area (Å²) in [6.45, 7) is 6.30. The van der Waals surface area contributed by atoms with Crippen LogP contribution in [-0.4, -0.2) is 41.8 Å². The zero-order valence-corrected chi connectivity index (χ0v) is 22.1. The van der Waals surface area contributed by atoms with Crippen molar-refractivity contribution in [3.63, 3.8) is 0 Å². The van der Waals surface area contributed by atoms with E-state index in [1.54, 1.807) is 24.3 Å². The van der Waals surface area contributed by atoms with Gasteiger partial charge in [0.1, 0.15) is 12.6 Å². The van der Waals surface area contributed by atoms with Crippen molar-refractivity contribution in [3.8, 4) is 0 Å². The molecule has 6 nitrogen and oxygen atoms in total. The molecule has 1 atom stereocenters. The number of rotatable bonds is 9. The van der Waals surface area contributed by atoms with Gasteiger partial charge in [0.05, 0.1) is 5.69 Å². The van der Waals surface area contributed by atoms with Crippen LogP contribution in [0.25, 0.3) is 10.8 Å². The van der Waals surface area contributed by atoms with E-state index < -0.39 is 6.04 Å². The number of carbonyl (C=O) groups is 3. The van der Waals surface area contributed by atoms with Gasteiger partial charge in [-0.2, -0.15) is 0 Å². The van der Waals surface area contributed by atoms with Crippen LogP contribution < -0.4 is 10.2 Å². The van der Waals surface area contributed by atoms with E-state index in [4.69, 9.17) is 23.2 Å². The van der Waals surface area contributed by atoms with Gasteiger partial charge in [0.2, 0.25) is 11.8 Å². The standard InChI is InChI=1S/C28H29Cl2N3O3/c1-4-23(27(35)31-14-17(2)3)32(15-19-11-12-20(29)13-22(19)30)25(34)16-33-24-10-6-8-18-7-5-9-21(26(18)24)28(33)36/h5-13,17,23H,4,14-16H2,1-3H3,(H,31,35). The second kappa shape index (κ2) is 10.9. The van der Waals surface area contributed by atoms with Crippen molar-refractivity contribution >= 4 is 57.4 Å². The average Bonchev–Trinajstić information content (AvgIpc) is 3.11. The molecule has 0 saturated heterocycles. The van der Waals surface area contributed by atoms with Crippen molar-refractivity contribution in [2.24, 2.45) is 5.92 Å². The third kappa shape index (κ3) is 5.20. The Kier molecular flexibility index (Phi) is 7.86. The van der Waals surface area contributed by atoms with E-state index in [0.717, 1.165) is 10.8 Å². The van der Waals surface area contributed by atoms with Crippen molar-refractivity contribution in [1.29, 1.82) is 0 Å². The van der Waals surface area contributed by atoms with Crippen molar-refractivity contribution in [1.82, 2.24) is 10.2 Å². The van der Waals surface area contributed by atoms with Crippen LogP contribution in [0.2, 0.25) is 10.0 Å². The van der Waals surface area contributed by atoms with E-state index in [9.17, 15) is 14.4 Å². The molecule has 0 saturated carbocycles. The van der Waals surface area contributed by atoms with Crippen molar-refractivity contribution in [2.45, 2.75) is 39.8 Å². The number of nitrogens with zero attached hydrogens (tertiary/aromatic N) is 2. The quantitative estimate of drug-likeness (QED) is 0.390. The maximum atomic E-state index is 13.8. The number of carbonyl (C=O) groups excluding carboxylic acids is 3. The van der Waals surface area contributed by atoms with Crippen LogP contribution in [0.15, 0.2) is 54.6 Å². The minimum atomic E-state index is -0.723. The second-order valence-corrected chi connectivity index (χ2v) is 10.2. The molecule has 0 aromatic heterocycles. The molecule has 8 heteroatoms. The minimum absolute atomic E-state index is 0.113. The molecule has 4 rings (SSSR count). The van der Waals surface area contributed by atoms with Gasteiger partial charge in [-0.1, -0.05) is 74.3 Å². The SMILES string of the molecule is CCC(C(=O)NCC(C)C)N(Cc1ccc(Cl)cc1Cl)C(=O)CN1C(=O)c2cccc3cccc1c23. The van der Waals surface area contributed by atoms with E-state index in [0.29, 0.717) is 39.8 Å². The fraction of sp³-hybridized carbons (Fsp3) is 0.321. The molecule has 1 heterocycles. The maximum Gasteiger partial charge on any atom is 0.259 e. The molecule has 3 aromatic rings. The Hall–Kier alpha value is -3.09. The Bertz CT molecular complexity index is 1320. The number of benzene rings is 3. The summed E-state index contributed by atoms with van der Waals surface area (Å²) in [7, 11) is 0. The fourth-order valence-corrected chi connectivity index (χ4v) is 5.01. The van der Waals surface area contributed by atoms with Crippen LogP contribution in [-0.2, 0) is 16.1 Å². The topological polar surface area (TPSA) is 69.7 Å². The van der Waals surface area contributed by atoms with Crippen molar-refractivity contribution in [2.75, 3.05) is 18.0 Å². The van der Waals surface area contributed by atoms with Crippen molar-refractivity contribution in [3.05, 3.63) is 75.8 Å². The van der Waals surface area contributed by atoms with Crippen LogP contribution in [0.4, 0.5) is 5.69 Å². The highest BCUT2D eigenvalue weighted by atomic mass is 35.5. The summed E-state index contributed by atoms with van der Waals surface area (Å²) in [5, 5.41) is 5.62. The third-order valence-electron chi connectivity index (χ3n) is 6.37. The van der Waals surface area contributed by atoms with Crippen LogP contribution in [0.1, 0.15) is 43.1 Å². The fourth-order valence-electron chi connectivity index (χ4n) is 4.54. The molecule has 0 spiro atoms. The first-order valence-corrected chi connectivity index (χ1v) is 12.8. The number of nitrogens with one attached hydrogen (secondary N) is 1. The Balaban J connectivity index is 1.66. The zero-order valence-electron chi connectivity index (χ0n) is 20.6. The summed E-state index contributed by atoms with van der Waals surface area (Å²) in [4.78, 5) is 43.3. The summed E-state index contributed by atoms with van der Waals surface area (Å²) >= 11 is 12.5. The summed E-state index contributed by atoms with van der Waals surface area (Å²) in [6, 6.07) is 15.6. The lowest BCUT2D eigenvalue weighted by Crippen LogP contribution is -2.52. The molecule has 188 valence electrons. The molecule has 36 heavy (non-hydrogen) atoms. The number of hydrogen-bond donors (Lipinski definition) is 1. The summed E-state index contributed by atoms with van der Waals surface area (Å²) in [6.07, 6.45) is 0.407. The van der Waals surface area contributed by atoms with Gasteiger partial charge in [-0.15, -0.1) is 0 Å². The Morgan fingerprint density at radius 2 is 1.78 bits per heavy atom. The maximum absolute atomic E-state index is 13.8. The Morgan fingerprint density at radius 3 is 2.44 bits per heavy atom. The lowest BCUT2D eigenvalue weighted by Gasteiger charge is -2.32. The smallest absolute Gasteiger partial charge is 0.259 e. The van der Waals surface area contributed by atoms with Gasteiger partial charge in [-0.3, -0.25) is 19.3 Å². The second-order valence-electron chi connectivity index (χ2n) is 9.39. The molecule has 0 bridgehead atoms. The van der Waals surface area contributed by atoms with Gasteiger partial charge in [0.15, 0.2) is 0 Å². The van der Waals surface area contributed by atoms with Crippen LogP contribution >= 0.6 is 23.2 Å². The van der Waals surface area contributed by atoms with Crippen LogP contribution in [0, 0.1) is 5.92 Å². The monoisotopic (exact) mass is 525 g/mol. The molecule has 1 N–H and O–H groups in total. The number of amides is 3. The lowest BCUT2D eigenvalue weighted by molar-refractivity contribution is -0.140. The molecule has 3 aromatic carbocycles. The molecule has 1 unspecified atom stereocenters. The summed E-state index contributed by atoms with van der Waals surface area (Å²) in [5.41, 5.74) is 1.94. The van der Waals surface area contributed by atoms with Crippen LogP contribution in [0.5, 0.6) is 0 Å². The normalized spacial score (nSPS) is 13.4. The van der Waals surface area contributed by atoms with E-state index in [1.807, 2.05) is 51.1 Å². The number of halogens is 2. The lowest BCUT2D eigenvalue weighted by atomic mass is 10.1. The number of hydrogen-bond acceptors (Lipinski definition) is 3. The van der Waals surface area contributed by atoms with Crippen molar-refractivity contribution < 1.29 is 14.4 Å². The molecule has 1 aliphatic heterocycles. The largest absolute Gasteiger partial charge is 0.354 e. The first-order chi connectivity index (χ1) is 17.2. The predicted molar refractivity (Wildman–Crippen MR) is 145 cm³/mol. The third-order valence-corrected chi connectivity index (χ3v) is 6.96. The van der Waals surface area contributed by atoms with Gasteiger partial charge >= 0.3 is 0 Å². The Labute approximate surface area is 221 Å². The first kappa shape index (κ1) is 26.0. The number of anilines is 1. The molecule has 0 radical (unpaired) electrons. The molecule has 0 fully saturated rings. The van der Waals surface area contributed by atoms with Gasteiger partial charge < -0.3 is 10.2 Å². The summed E-state index contributed by atoms with van der Waals surface area (Å²) in [5.74, 6) is -0.534. The molecule has 3 amide bonds. The Morgan fingerprint density at radius 1 is 1.06 bits per heavy atom. The van der Waals surface area contributed by atoms with E-state index in [1.165, 1.54) is 9.80 Å². The van der Waals surface area contributed by atoms with E-state index in [2.05, 4.69) is 5.32 Å². The predicted octanol–water partition coefficient (Wildman–Crippen LogP) is 5.69. The van der Waals surface area contributed by atoms with Gasteiger partial charge in [0, 0.05) is 34.1 Å². The van der Waals surface area contributed by atoms with E-state index in [-0.39, 0.29) is 36.7 Å². The molecule has 0 aliphatic carbocycles. The molecule has 1 aliphatic rings. The van der Waals surface area contributed by atoms with Gasteiger partial charge in [-0.05, 0) is 47.6 Å². The highest BCUT2D eigenvalue weighted by molar-refractivity contribution is 6.35. The first-order valence-electron chi connectivity index (χ1n) is 12.1. The van der Waals surface area contributed by atoms with Gasteiger partial charge in [-0.25, -0.2) is 0 Å². The zero-order chi connectivity index (χ0) is 26.0. The van der Waals surface area contributed by atoms with E-state index >= 15 is 0 Å². The molecular formula is C28H29Cl2N3O3. The van der Waals surface area contributed by atoms with Gasteiger partial charge in [0.25, 0.3) is 5.91 Å². The molecular weight excluding hydrogens is 497 g/mol. The van der Waals surface area contributed by atoms with Crippen LogP contribution in [0.3, 0.4) is 0 Å². The summed E-state index contributed by atoms with van der Waals surface area (Å²) < 4.78 is 0. The average molecular weight is 526 g/mol. The highest BCUT2D eigenvalue weighted by Crippen LogP contribution is 2.37. The highest BCUT2D eigenvalue weighted by Gasteiger charge is 2.35. The minimum Gasteiger partial charge on any atom is -0.354 e.